The first-order chi connectivity index (χ1) is 17.3. The Morgan fingerprint density at radius 1 is 0.639 bits per heavy atom. The normalized spacial score (nSPS) is 8.97. The van der Waals surface area contributed by atoms with E-state index in [2.05, 4.69) is 115 Å². The number of carbonyl (C=O) groups is 1. The molecule has 181 valence electrons. The number of hydrogen-bond acceptors (Lipinski definition) is 3. The van der Waals surface area contributed by atoms with Gasteiger partial charge >= 0.3 is 10.2 Å². The number of carbonyl (C=O) groups excluding carboxylic acids is 1. The van der Waals surface area contributed by atoms with Crippen LogP contribution in [0.25, 0.3) is 0 Å². The van der Waals surface area contributed by atoms with Gasteiger partial charge in [0, 0.05) is 20.4 Å². The smallest absolute Gasteiger partial charge is 0.102 e. The standard InChI is InChI=1S/C18H15P.C7H6O2.C5H.NO.Re/c1-4-10-16(11-5-1)19(17-12-6-2-7-13-17)18-14-8-3-9-15-18;8-7(9)6-4-2-1-3-5-6;1-2-4-5-3-1;1-2;/h1-15H;1-5H,(H,8,9);1H;;/q;;-5;+1;. The quantitative estimate of drug-likeness (QED) is 0.167. The molecule has 0 aliphatic heterocycles. The van der Waals surface area contributed by atoms with E-state index in [-0.39, 0.29) is 26.0 Å². The van der Waals surface area contributed by atoms with Crippen molar-refractivity contribution < 1.29 is 35.1 Å². The number of hydrogen-bond donors (Lipinski definition) is 0. The third kappa shape index (κ3) is 10.8. The molecule has 0 aromatic heterocycles. The first kappa shape index (κ1) is 30.5. The van der Waals surface area contributed by atoms with Crippen molar-refractivity contribution in [2.45, 2.75) is 0 Å². The molecule has 0 unspecified atom stereocenters. The van der Waals surface area contributed by atoms with Gasteiger partial charge in [-0.15, -0.1) is 0 Å². The molecule has 0 aliphatic carbocycles. The van der Waals surface area contributed by atoms with E-state index >= 15 is 0 Å². The van der Waals surface area contributed by atoms with Crippen LogP contribution in [-0.2, 0) is 25.2 Å². The summed E-state index contributed by atoms with van der Waals surface area (Å²) >= 11 is 0. The second-order valence-electron chi connectivity index (χ2n) is 6.81. The monoisotopic (exact) mass is 662 g/mol. The molecule has 4 nitrogen and oxygen atoms in total. The van der Waals surface area contributed by atoms with Crippen LogP contribution in [0.5, 0.6) is 0 Å². The van der Waals surface area contributed by atoms with Crippen molar-refractivity contribution in [2.75, 3.05) is 0 Å². The van der Waals surface area contributed by atoms with Crippen LogP contribution in [0.3, 0.4) is 0 Å². The number of aromatic carboxylic acids is 1. The van der Waals surface area contributed by atoms with Crippen LogP contribution in [0.1, 0.15) is 10.4 Å². The zero-order chi connectivity index (χ0) is 25.1. The Labute approximate surface area is 226 Å². The number of carboxylic acids is 1. The van der Waals surface area contributed by atoms with Gasteiger partial charge in [-0.3, -0.25) is 0 Å². The van der Waals surface area contributed by atoms with Gasteiger partial charge in [-0.25, -0.2) is 0 Å². The summed E-state index contributed by atoms with van der Waals surface area (Å²) in [4.78, 5) is 10.1. The number of benzene rings is 4. The Hall–Kier alpha value is -3.54. The van der Waals surface area contributed by atoms with Gasteiger partial charge in [-0.05, 0) is 42.0 Å². The minimum Gasteiger partial charge on any atom is -0.999 e. The average molecular weight is 662 g/mol. The molecule has 0 spiro atoms. The van der Waals surface area contributed by atoms with Crippen molar-refractivity contribution in [2.24, 2.45) is 0 Å². The molecule has 5 rings (SSSR count). The van der Waals surface area contributed by atoms with E-state index in [4.69, 9.17) is 10.2 Å². The molecule has 0 N–H and O–H groups in total. The average Bonchev–Trinajstić information content (AvgIpc) is 3.53. The van der Waals surface area contributed by atoms with Crippen LogP contribution in [0.4, 0.5) is 0 Å². The fourth-order valence-corrected chi connectivity index (χ4v) is 5.65. The van der Waals surface area contributed by atoms with Gasteiger partial charge in [-0.1, -0.05) is 84.9 Å². The van der Waals surface area contributed by atoms with Crippen molar-refractivity contribution in [3.05, 3.63) is 157 Å². The summed E-state index contributed by atoms with van der Waals surface area (Å²) < 4.78 is 7.25. The number of nitrogens with zero attached hydrogens (tertiary/aromatic N) is 1. The Morgan fingerprint density at radius 2 is 0.944 bits per heavy atom. The van der Waals surface area contributed by atoms with Gasteiger partial charge in [-0.2, -0.15) is 0 Å². The summed E-state index contributed by atoms with van der Waals surface area (Å²) in [5, 5.41) is 14.4. The van der Waals surface area contributed by atoms with Crippen molar-refractivity contribution in [1.29, 1.82) is 5.46 Å². The van der Waals surface area contributed by atoms with Crippen molar-refractivity contribution in [3.63, 3.8) is 0 Å². The minimum atomic E-state index is -1.13. The molecule has 0 bridgehead atoms. The predicted octanol–water partition coefficient (Wildman–Crippen LogP) is 3.73. The maximum Gasteiger partial charge on any atom is 0.102 e. The van der Waals surface area contributed by atoms with E-state index in [1.807, 2.05) is 0 Å². The molecule has 0 amide bonds. The van der Waals surface area contributed by atoms with Crippen molar-refractivity contribution in [3.8, 4) is 0 Å². The fraction of sp³-hybridized carbons (Fsp3) is 0. The second kappa shape index (κ2) is 18.7. The molecule has 5 aromatic rings. The van der Waals surface area contributed by atoms with E-state index in [0.29, 0.717) is 0 Å². The van der Waals surface area contributed by atoms with Gasteiger partial charge in [0.2, 0.25) is 0 Å². The van der Waals surface area contributed by atoms with Gasteiger partial charge in [0.25, 0.3) is 0 Å². The van der Waals surface area contributed by atoms with E-state index in [1.165, 1.54) is 28.0 Å². The van der Waals surface area contributed by atoms with E-state index in [9.17, 15) is 9.90 Å². The zero-order valence-electron chi connectivity index (χ0n) is 19.2. The van der Waals surface area contributed by atoms with Crippen molar-refractivity contribution >= 4 is 29.8 Å². The molecule has 36 heavy (non-hydrogen) atoms. The van der Waals surface area contributed by atoms with Crippen LogP contribution in [0, 0.1) is 29.7 Å². The summed E-state index contributed by atoms with van der Waals surface area (Å²) in [6.45, 7) is 0. The second-order valence-corrected chi connectivity index (χ2v) is 9.29. The summed E-state index contributed by atoms with van der Waals surface area (Å²) in [5.41, 5.74) is 5.97. The minimum absolute atomic E-state index is 0. The van der Waals surface area contributed by atoms with Crippen LogP contribution in [0.15, 0.2) is 127 Å². The third-order valence-corrected chi connectivity index (χ3v) is 7.28. The number of rotatable bonds is 4. The molecule has 0 atom stereocenters. The van der Waals surface area contributed by atoms with E-state index in [1.54, 1.807) is 24.3 Å². The van der Waals surface area contributed by atoms with E-state index < -0.39 is 13.9 Å². The summed E-state index contributed by atoms with van der Waals surface area (Å²) in [7, 11) is -0.877. The van der Waals surface area contributed by atoms with Crippen LogP contribution in [-0.4, -0.2) is 5.97 Å². The van der Waals surface area contributed by atoms with Gasteiger partial charge < -0.3 is 40.2 Å². The molecule has 1 radical (unpaired) electrons. The molecular formula is C30H22NO3PRe-4. The molecule has 0 saturated heterocycles. The van der Waals surface area contributed by atoms with Crippen LogP contribution >= 0.6 is 7.92 Å². The molecule has 6 heteroatoms. The first-order valence-corrected chi connectivity index (χ1v) is 12.1. The molecule has 0 aliphatic rings. The van der Waals surface area contributed by atoms with Gasteiger partial charge in [0.05, 0.1) is 13.9 Å². The van der Waals surface area contributed by atoms with Gasteiger partial charge in [0.1, 0.15) is 15.9 Å². The largest absolute Gasteiger partial charge is 0.999 e. The van der Waals surface area contributed by atoms with Crippen molar-refractivity contribution in [1.82, 2.24) is 0 Å². The summed E-state index contributed by atoms with van der Waals surface area (Å²) in [6, 6.07) is 52.6. The Morgan fingerprint density at radius 3 is 1.17 bits per heavy atom. The maximum absolute atomic E-state index is 10.1. The molecule has 0 fully saturated rings. The summed E-state index contributed by atoms with van der Waals surface area (Å²) in [6.07, 6.45) is 0. The zero-order valence-corrected chi connectivity index (χ0v) is 22.9. The SMILES string of the molecule is N#[O+].O=C([O-])c1ccccc1.[Re].[c-]1[c-][c-][cH-][c-]1.c1ccc([PH+](c2ccccc2)c2ccccc2)cc1. The Bertz CT molecular complexity index is 1110. The molecule has 0 saturated carbocycles. The van der Waals surface area contributed by atoms with E-state index in [0.717, 1.165) is 0 Å². The third-order valence-electron chi connectivity index (χ3n) is 4.55. The number of carboxylic acid groups (broad SMARTS) is 1. The maximum atomic E-state index is 10.1. The summed E-state index contributed by atoms with van der Waals surface area (Å²) in [5.74, 6) is -1.13. The fourth-order valence-electron chi connectivity index (χ4n) is 3.07. The van der Waals surface area contributed by atoms with Gasteiger partial charge in [0.15, 0.2) is 0 Å². The molecule has 0 heterocycles. The van der Waals surface area contributed by atoms with Crippen LogP contribution < -0.4 is 21.0 Å². The molecule has 5 aromatic carbocycles. The topological polar surface area (TPSA) is 83.8 Å². The van der Waals surface area contributed by atoms with Crippen LogP contribution in [0.2, 0.25) is 0 Å². The predicted molar refractivity (Wildman–Crippen MR) is 137 cm³/mol. The first-order valence-electron chi connectivity index (χ1n) is 10.6. The Balaban J connectivity index is 0.000000317. The molecular weight excluding hydrogens is 640 g/mol. The Kier molecular flexibility index (Phi) is 15.9.